The largest absolute Gasteiger partial charge is 0.493 e. The Bertz CT molecular complexity index is 819. The lowest BCUT2D eigenvalue weighted by molar-refractivity contribution is -0.384. The van der Waals surface area contributed by atoms with Gasteiger partial charge >= 0.3 is 5.97 Å². The summed E-state index contributed by atoms with van der Waals surface area (Å²) in [4.78, 5) is 25.5. The third kappa shape index (κ3) is 4.54. The van der Waals surface area contributed by atoms with E-state index in [0.717, 1.165) is 0 Å². The minimum absolute atomic E-state index is 0.0729. The number of para-hydroxylation sites is 1. The van der Waals surface area contributed by atoms with Crippen molar-refractivity contribution in [1.29, 1.82) is 0 Å². The highest BCUT2D eigenvalue weighted by atomic mass is 16.6. The van der Waals surface area contributed by atoms with Crippen LogP contribution >= 0.6 is 0 Å². The molecule has 0 saturated heterocycles. The maximum atomic E-state index is 11.0. The number of non-ortho nitro benzene ring substituents is 1. The van der Waals surface area contributed by atoms with Crippen molar-refractivity contribution < 1.29 is 24.3 Å². The highest BCUT2D eigenvalue weighted by Crippen LogP contribution is 2.31. The van der Waals surface area contributed by atoms with E-state index in [4.69, 9.17) is 14.6 Å². The van der Waals surface area contributed by atoms with Gasteiger partial charge in [-0.15, -0.1) is 0 Å². The fourth-order valence-electron chi connectivity index (χ4n) is 1.98. The summed E-state index contributed by atoms with van der Waals surface area (Å²) < 4.78 is 10.7. The second-order valence-corrected chi connectivity index (χ2v) is 5.01. The minimum atomic E-state index is -1.12. The molecule has 8 nitrogen and oxygen atoms in total. The van der Waals surface area contributed by atoms with E-state index in [1.165, 1.54) is 38.4 Å². The highest BCUT2D eigenvalue weighted by molar-refractivity contribution is 5.87. The van der Waals surface area contributed by atoms with Crippen LogP contribution in [0, 0.1) is 10.1 Å². The zero-order chi connectivity index (χ0) is 18.4. The predicted octanol–water partition coefficient (Wildman–Crippen LogP) is 3.21. The van der Waals surface area contributed by atoms with Gasteiger partial charge in [-0.1, -0.05) is 12.1 Å². The van der Waals surface area contributed by atoms with Crippen molar-refractivity contribution in [2.45, 2.75) is 13.0 Å². The number of aliphatic carboxylic acids is 1. The van der Waals surface area contributed by atoms with Crippen LogP contribution < -0.4 is 9.47 Å². The third-order valence-corrected chi connectivity index (χ3v) is 3.26. The van der Waals surface area contributed by atoms with Crippen molar-refractivity contribution >= 4 is 23.6 Å². The Morgan fingerprint density at radius 1 is 1.32 bits per heavy atom. The Labute approximate surface area is 143 Å². The molecule has 0 saturated carbocycles. The average molecular weight is 344 g/mol. The Hall–Kier alpha value is -3.42. The lowest BCUT2D eigenvalue weighted by atomic mass is 10.2. The van der Waals surface area contributed by atoms with Gasteiger partial charge in [0.05, 0.1) is 17.7 Å². The van der Waals surface area contributed by atoms with Crippen LogP contribution in [0.5, 0.6) is 11.5 Å². The molecule has 0 aliphatic rings. The number of aliphatic imine (C=N–C) groups is 1. The van der Waals surface area contributed by atoms with Gasteiger partial charge in [0.2, 0.25) is 0 Å². The molecule has 1 atom stereocenters. The number of methoxy groups -OCH3 is 1. The maximum Gasteiger partial charge on any atom is 0.344 e. The highest BCUT2D eigenvalue weighted by Gasteiger charge is 2.18. The summed E-state index contributed by atoms with van der Waals surface area (Å²) in [7, 11) is 1.44. The molecule has 0 bridgehead atoms. The minimum Gasteiger partial charge on any atom is -0.493 e. The number of nitrogens with zero attached hydrogens (tertiary/aromatic N) is 2. The molecule has 0 fully saturated rings. The average Bonchev–Trinajstić information content (AvgIpc) is 2.60. The molecule has 1 N–H and O–H groups in total. The molecule has 0 heterocycles. The van der Waals surface area contributed by atoms with E-state index in [9.17, 15) is 14.9 Å². The molecule has 0 radical (unpaired) electrons. The van der Waals surface area contributed by atoms with Gasteiger partial charge in [0, 0.05) is 23.9 Å². The fourth-order valence-corrected chi connectivity index (χ4v) is 1.98. The summed E-state index contributed by atoms with van der Waals surface area (Å²) in [6.45, 7) is 1.40. The van der Waals surface area contributed by atoms with E-state index in [1.54, 1.807) is 24.3 Å². The monoisotopic (exact) mass is 344 g/mol. The van der Waals surface area contributed by atoms with Crippen LogP contribution in [0.2, 0.25) is 0 Å². The number of carbonyl (C=O) groups is 1. The van der Waals surface area contributed by atoms with Gasteiger partial charge in [0.1, 0.15) is 0 Å². The third-order valence-electron chi connectivity index (χ3n) is 3.26. The molecule has 0 amide bonds. The lowest BCUT2D eigenvalue weighted by Gasteiger charge is -2.15. The van der Waals surface area contributed by atoms with Crippen molar-refractivity contribution in [2.24, 2.45) is 4.99 Å². The maximum absolute atomic E-state index is 11.0. The zero-order valence-corrected chi connectivity index (χ0v) is 13.6. The Balaban J connectivity index is 2.37. The van der Waals surface area contributed by atoms with Crippen LogP contribution in [-0.2, 0) is 4.79 Å². The van der Waals surface area contributed by atoms with Crippen LogP contribution in [0.4, 0.5) is 11.4 Å². The quantitative estimate of drug-likeness (QED) is 0.469. The summed E-state index contributed by atoms with van der Waals surface area (Å²) in [5.41, 5.74) is 0.796. The molecule has 0 unspecified atom stereocenters. The van der Waals surface area contributed by atoms with Crippen LogP contribution in [-0.4, -0.2) is 35.4 Å². The summed E-state index contributed by atoms with van der Waals surface area (Å²) in [5.74, 6) is -0.530. The molecule has 2 rings (SSSR count). The number of carboxylic acids is 1. The number of hydrogen-bond acceptors (Lipinski definition) is 6. The van der Waals surface area contributed by atoms with Crippen LogP contribution in [0.15, 0.2) is 47.5 Å². The SMILES string of the molecule is COc1cccc(C=Nc2cccc([N+](=O)[O-])c2)c1O[C@H](C)C(=O)O. The summed E-state index contributed by atoms with van der Waals surface area (Å²) in [6, 6.07) is 10.9. The van der Waals surface area contributed by atoms with Gasteiger partial charge < -0.3 is 14.6 Å². The van der Waals surface area contributed by atoms with E-state index in [1.807, 2.05) is 0 Å². The van der Waals surface area contributed by atoms with E-state index in [-0.39, 0.29) is 11.4 Å². The van der Waals surface area contributed by atoms with Crippen molar-refractivity contribution in [3.63, 3.8) is 0 Å². The summed E-state index contributed by atoms with van der Waals surface area (Å²) in [5, 5.41) is 19.8. The second-order valence-electron chi connectivity index (χ2n) is 5.01. The molecule has 2 aromatic rings. The molecule has 2 aromatic carbocycles. The Kier molecular flexibility index (Phi) is 5.67. The standard InChI is InChI=1S/C17H16N2O6/c1-11(17(20)21)25-16-12(5-3-8-15(16)24-2)10-18-13-6-4-7-14(9-13)19(22)23/h3-11H,1-2H3,(H,20,21)/t11-/m1/s1. The second kappa shape index (κ2) is 7.91. The van der Waals surface area contributed by atoms with E-state index < -0.39 is 17.0 Å². The van der Waals surface area contributed by atoms with E-state index >= 15 is 0 Å². The zero-order valence-electron chi connectivity index (χ0n) is 13.6. The molecule has 130 valence electrons. The first kappa shape index (κ1) is 17.9. The molecular formula is C17H16N2O6. The molecule has 8 heteroatoms. The van der Waals surface area contributed by atoms with Crippen LogP contribution in [0.1, 0.15) is 12.5 Å². The topological polar surface area (TPSA) is 111 Å². The number of nitro groups is 1. The van der Waals surface area contributed by atoms with Gasteiger partial charge in [-0.3, -0.25) is 15.1 Å². The first-order valence-electron chi connectivity index (χ1n) is 7.27. The normalized spacial score (nSPS) is 11.9. The number of ether oxygens (including phenoxy) is 2. The van der Waals surface area contributed by atoms with Crippen molar-refractivity contribution in [3.8, 4) is 11.5 Å². The molecular weight excluding hydrogens is 328 g/mol. The number of carboxylic acid groups (broad SMARTS) is 1. The first-order valence-corrected chi connectivity index (χ1v) is 7.27. The lowest BCUT2D eigenvalue weighted by Crippen LogP contribution is -2.23. The van der Waals surface area contributed by atoms with E-state index in [2.05, 4.69) is 4.99 Å². The van der Waals surface area contributed by atoms with Gasteiger partial charge in [-0.05, 0) is 25.1 Å². The molecule has 0 aromatic heterocycles. The first-order chi connectivity index (χ1) is 11.9. The Morgan fingerprint density at radius 2 is 2.04 bits per heavy atom. The fraction of sp³-hybridized carbons (Fsp3) is 0.176. The van der Waals surface area contributed by atoms with Gasteiger partial charge in [-0.25, -0.2) is 4.79 Å². The summed E-state index contributed by atoms with van der Waals surface area (Å²) in [6.07, 6.45) is 0.354. The molecule has 0 spiro atoms. The number of rotatable bonds is 7. The number of benzene rings is 2. The van der Waals surface area contributed by atoms with Crippen molar-refractivity contribution in [1.82, 2.24) is 0 Å². The predicted molar refractivity (Wildman–Crippen MR) is 91.1 cm³/mol. The van der Waals surface area contributed by atoms with Crippen molar-refractivity contribution in [2.75, 3.05) is 7.11 Å². The van der Waals surface area contributed by atoms with Gasteiger partial charge in [0.25, 0.3) is 5.69 Å². The number of hydrogen-bond donors (Lipinski definition) is 1. The van der Waals surface area contributed by atoms with Crippen LogP contribution in [0.25, 0.3) is 0 Å². The van der Waals surface area contributed by atoms with E-state index in [0.29, 0.717) is 17.0 Å². The number of nitro benzene ring substituents is 1. The van der Waals surface area contributed by atoms with Crippen LogP contribution in [0.3, 0.4) is 0 Å². The van der Waals surface area contributed by atoms with Gasteiger partial charge in [-0.2, -0.15) is 0 Å². The smallest absolute Gasteiger partial charge is 0.344 e. The van der Waals surface area contributed by atoms with Gasteiger partial charge in [0.15, 0.2) is 17.6 Å². The molecule has 25 heavy (non-hydrogen) atoms. The summed E-state index contributed by atoms with van der Waals surface area (Å²) >= 11 is 0. The van der Waals surface area contributed by atoms with Crippen molar-refractivity contribution in [3.05, 3.63) is 58.1 Å². The molecule has 0 aliphatic heterocycles. The Morgan fingerprint density at radius 3 is 2.68 bits per heavy atom. The molecule has 0 aliphatic carbocycles.